The van der Waals surface area contributed by atoms with Crippen molar-refractivity contribution in [1.82, 2.24) is 19.5 Å². The van der Waals surface area contributed by atoms with Crippen molar-refractivity contribution in [2.24, 2.45) is 0 Å². The van der Waals surface area contributed by atoms with E-state index in [0.717, 1.165) is 17.0 Å². The smallest absolute Gasteiger partial charge is 0.280 e. The van der Waals surface area contributed by atoms with E-state index >= 15 is 0 Å². The number of aromatic nitrogens is 4. The number of ether oxygens (including phenoxy) is 1. The van der Waals surface area contributed by atoms with Crippen molar-refractivity contribution in [3.05, 3.63) is 29.3 Å². The van der Waals surface area contributed by atoms with Crippen LogP contribution in [0, 0.1) is 0 Å². The first-order valence-electron chi connectivity index (χ1n) is 6.40. The molecule has 0 spiro atoms. The van der Waals surface area contributed by atoms with Gasteiger partial charge in [-0.15, -0.1) is 6.58 Å². The highest BCUT2D eigenvalue weighted by atomic mass is 19.1. The summed E-state index contributed by atoms with van der Waals surface area (Å²) in [6.45, 7) is 2.79. The molecule has 1 saturated heterocycles. The van der Waals surface area contributed by atoms with Gasteiger partial charge in [-0.05, 0) is 0 Å². The average molecular weight is 327 g/mol. The van der Waals surface area contributed by atoms with Crippen LogP contribution < -0.4 is 11.3 Å². The highest BCUT2D eigenvalue weighted by Gasteiger charge is 2.54. The Bertz CT molecular complexity index is 790. The molecule has 1 fully saturated rings. The number of rotatable bonds is 3. The molecule has 0 bridgehead atoms. The molecule has 0 unspecified atom stereocenters. The zero-order chi connectivity index (χ0) is 16.1. The van der Waals surface area contributed by atoms with Crippen LogP contribution in [0.3, 0.4) is 0 Å². The molecule has 0 radical (unpaired) electrons. The Balaban J connectivity index is 0.00000192. The number of hydrogen-bond acceptors (Lipinski definition) is 7. The second-order valence-electron chi connectivity index (χ2n) is 4.99. The van der Waals surface area contributed by atoms with E-state index in [2.05, 4.69) is 21.5 Å². The normalized spacial score (nSPS) is 30.3. The summed E-state index contributed by atoms with van der Waals surface area (Å²) in [5.41, 5.74) is 3.22. The summed E-state index contributed by atoms with van der Waals surface area (Å²) in [6.07, 6.45) is -2.55. The van der Waals surface area contributed by atoms with Crippen molar-refractivity contribution < 1.29 is 19.3 Å². The minimum atomic E-state index is -1.88. The number of hydrogen-bond donors (Lipinski definition) is 4. The molecule has 2 aromatic rings. The molecule has 0 saturated carbocycles. The molecule has 10 heteroatoms. The second-order valence-corrected chi connectivity index (χ2v) is 4.99. The van der Waals surface area contributed by atoms with Gasteiger partial charge in [0.2, 0.25) is 5.95 Å². The summed E-state index contributed by atoms with van der Waals surface area (Å²) in [5, 5.41) is 19.4. The van der Waals surface area contributed by atoms with Crippen LogP contribution in [0.15, 0.2) is 23.8 Å². The molecule has 1 aliphatic rings. The number of imidazole rings is 1. The molecule has 23 heavy (non-hydrogen) atoms. The lowest BCUT2D eigenvalue weighted by molar-refractivity contribution is -0.0960. The number of aromatic amines is 1. The van der Waals surface area contributed by atoms with E-state index < -0.39 is 36.3 Å². The van der Waals surface area contributed by atoms with Crippen LogP contribution in [0.25, 0.3) is 11.2 Å². The standard InChI is InChI=1S/C12H14FN5O4.CH4/c1-2-12(3-19)7(20)5(13)10(22-12)18-4-15-6-8(18)16-11(14)17-9(6)21;/h2,4-5,7,10,19-20H,1,3H2,(H3,14,16,17,21);1H4/t5-,7+,10-,12-;/m1./s1. The number of aliphatic hydroxyl groups is 2. The SMILES string of the molecule is C.C=C[C@]1(CO)O[C@@H](n2cnc3c(=O)[nH]c(N)nc32)[C@H](F)[C@@H]1O. The lowest BCUT2D eigenvalue weighted by atomic mass is 9.97. The summed E-state index contributed by atoms with van der Waals surface area (Å²) in [5.74, 6) is -0.162. The minimum absolute atomic E-state index is 0. The summed E-state index contributed by atoms with van der Waals surface area (Å²) in [6, 6.07) is 0. The Labute approximate surface area is 130 Å². The van der Waals surface area contributed by atoms with Crippen molar-refractivity contribution in [3.63, 3.8) is 0 Å². The van der Waals surface area contributed by atoms with E-state index in [1.807, 2.05) is 0 Å². The number of anilines is 1. The maximum atomic E-state index is 14.4. The van der Waals surface area contributed by atoms with Crippen LogP contribution in [-0.2, 0) is 4.74 Å². The van der Waals surface area contributed by atoms with Gasteiger partial charge in [-0.2, -0.15) is 4.98 Å². The van der Waals surface area contributed by atoms with E-state index in [1.54, 1.807) is 0 Å². The molecule has 126 valence electrons. The van der Waals surface area contributed by atoms with Crippen LogP contribution >= 0.6 is 0 Å². The van der Waals surface area contributed by atoms with Crippen LogP contribution in [0.2, 0.25) is 0 Å². The number of nitrogens with zero attached hydrogens (tertiary/aromatic N) is 3. The summed E-state index contributed by atoms with van der Waals surface area (Å²) >= 11 is 0. The molecule has 5 N–H and O–H groups in total. The number of halogens is 1. The van der Waals surface area contributed by atoms with E-state index in [0.29, 0.717) is 0 Å². The lowest BCUT2D eigenvalue weighted by Gasteiger charge is -2.25. The third-order valence-corrected chi connectivity index (χ3v) is 3.73. The quantitative estimate of drug-likeness (QED) is 0.556. The summed E-state index contributed by atoms with van der Waals surface area (Å²) < 4.78 is 21.0. The molecule has 1 aliphatic heterocycles. The van der Waals surface area contributed by atoms with Crippen molar-refractivity contribution in [3.8, 4) is 0 Å². The minimum Gasteiger partial charge on any atom is -0.393 e. The van der Waals surface area contributed by atoms with Crippen molar-refractivity contribution in [2.45, 2.75) is 31.5 Å². The first-order chi connectivity index (χ1) is 10.4. The number of alkyl halides is 1. The monoisotopic (exact) mass is 327 g/mol. The van der Waals surface area contributed by atoms with Gasteiger partial charge in [0.25, 0.3) is 5.56 Å². The molecule has 3 heterocycles. The Morgan fingerprint density at radius 2 is 2.35 bits per heavy atom. The van der Waals surface area contributed by atoms with Gasteiger partial charge >= 0.3 is 0 Å². The number of nitrogens with two attached hydrogens (primary N) is 1. The number of fused-ring (bicyclic) bond motifs is 1. The molecular weight excluding hydrogens is 309 g/mol. The molecule has 0 amide bonds. The predicted molar refractivity (Wildman–Crippen MR) is 80.3 cm³/mol. The maximum Gasteiger partial charge on any atom is 0.280 e. The van der Waals surface area contributed by atoms with Crippen LogP contribution in [0.4, 0.5) is 10.3 Å². The van der Waals surface area contributed by atoms with Gasteiger partial charge in [-0.3, -0.25) is 14.3 Å². The van der Waals surface area contributed by atoms with Crippen molar-refractivity contribution in [1.29, 1.82) is 0 Å². The first kappa shape index (κ1) is 17.1. The maximum absolute atomic E-state index is 14.4. The summed E-state index contributed by atoms with van der Waals surface area (Å²) in [4.78, 5) is 21.7. The van der Waals surface area contributed by atoms with Gasteiger partial charge in [-0.25, -0.2) is 9.37 Å². The third-order valence-electron chi connectivity index (χ3n) is 3.73. The van der Waals surface area contributed by atoms with Crippen molar-refractivity contribution >= 4 is 17.1 Å². The average Bonchev–Trinajstić information content (AvgIpc) is 3.01. The highest BCUT2D eigenvalue weighted by Crippen LogP contribution is 2.40. The molecule has 0 aliphatic carbocycles. The lowest BCUT2D eigenvalue weighted by Crippen LogP contribution is -2.43. The van der Waals surface area contributed by atoms with Crippen molar-refractivity contribution in [2.75, 3.05) is 12.3 Å². The zero-order valence-electron chi connectivity index (χ0n) is 11.3. The fourth-order valence-corrected chi connectivity index (χ4v) is 2.49. The number of nitrogens with one attached hydrogen (secondary N) is 1. The Hall–Kier alpha value is -2.30. The van der Waals surface area contributed by atoms with Gasteiger partial charge in [0.1, 0.15) is 11.7 Å². The van der Waals surface area contributed by atoms with Crippen LogP contribution in [0.5, 0.6) is 0 Å². The highest BCUT2D eigenvalue weighted by molar-refractivity contribution is 5.70. The third kappa shape index (κ3) is 2.31. The van der Waals surface area contributed by atoms with Crippen LogP contribution in [-0.4, -0.2) is 54.2 Å². The van der Waals surface area contributed by atoms with Gasteiger partial charge in [0, 0.05) is 0 Å². The number of aliphatic hydroxyl groups excluding tert-OH is 2. The fourth-order valence-electron chi connectivity index (χ4n) is 2.49. The van der Waals surface area contributed by atoms with Gasteiger partial charge < -0.3 is 20.7 Å². The Morgan fingerprint density at radius 3 is 2.91 bits per heavy atom. The van der Waals surface area contributed by atoms with E-state index in [9.17, 15) is 19.4 Å². The second kappa shape index (κ2) is 5.72. The molecule has 3 rings (SSSR count). The van der Waals surface area contributed by atoms with Gasteiger partial charge in [-0.1, -0.05) is 13.5 Å². The fraction of sp³-hybridized carbons (Fsp3) is 0.462. The molecule has 4 atom stereocenters. The first-order valence-corrected chi connectivity index (χ1v) is 6.40. The molecule has 9 nitrogen and oxygen atoms in total. The molecular formula is C13H18FN5O4. The van der Waals surface area contributed by atoms with Gasteiger partial charge in [0.05, 0.1) is 12.9 Å². The topological polar surface area (TPSA) is 139 Å². The number of nitrogen functional groups attached to an aromatic ring is 1. The van der Waals surface area contributed by atoms with Gasteiger partial charge in [0.15, 0.2) is 23.6 Å². The van der Waals surface area contributed by atoms with E-state index in [1.165, 1.54) is 0 Å². The van der Waals surface area contributed by atoms with E-state index in [4.69, 9.17) is 10.5 Å². The van der Waals surface area contributed by atoms with E-state index in [-0.39, 0.29) is 24.5 Å². The largest absolute Gasteiger partial charge is 0.393 e. The molecule has 0 aromatic carbocycles. The summed E-state index contributed by atoms with van der Waals surface area (Å²) in [7, 11) is 0. The molecule has 2 aromatic heterocycles. The Morgan fingerprint density at radius 1 is 1.65 bits per heavy atom. The number of H-pyrrole nitrogens is 1. The Kier molecular flexibility index (Phi) is 4.24. The zero-order valence-corrected chi connectivity index (χ0v) is 11.3. The predicted octanol–water partition coefficient (Wildman–Crippen LogP) is -0.517. The van der Waals surface area contributed by atoms with Crippen LogP contribution in [0.1, 0.15) is 13.7 Å².